The van der Waals surface area contributed by atoms with E-state index in [0.29, 0.717) is 12.0 Å². The Labute approximate surface area is 90.3 Å². The Morgan fingerprint density at radius 3 is 2.40 bits per heavy atom. The number of hydrogen-bond acceptors (Lipinski definition) is 2. The number of nitriles is 1. The van der Waals surface area contributed by atoms with Crippen LogP contribution in [0, 0.1) is 17.1 Å². The van der Waals surface area contributed by atoms with Crippen LogP contribution in [0.15, 0.2) is 12.1 Å². The number of halogens is 1. The van der Waals surface area contributed by atoms with Crippen molar-refractivity contribution in [2.75, 3.05) is 7.11 Å². The normalized spacial score (nSPS) is 8.53. The zero-order valence-corrected chi connectivity index (χ0v) is 9.60. The van der Waals surface area contributed by atoms with Crippen LogP contribution >= 0.6 is 0 Å². The molecular weight excluding hydrogens is 193 g/mol. The third-order valence-corrected chi connectivity index (χ3v) is 1.88. The number of nitrogens with zero attached hydrogens (tertiary/aromatic N) is 1. The van der Waals surface area contributed by atoms with Crippen molar-refractivity contribution in [2.24, 2.45) is 0 Å². The summed E-state index contributed by atoms with van der Waals surface area (Å²) in [6, 6.07) is 5.05. The number of ether oxygens (including phenoxy) is 1. The molecular formula is C12H16FNO. The standard InChI is InChI=1S/C10H10FNO.C2H6/c1-3-7-4-5-8(6-12)10(13-2)9(7)11;1-2/h4-5H,3H2,1-2H3;1-2H3. The fourth-order valence-corrected chi connectivity index (χ4v) is 1.16. The summed E-state index contributed by atoms with van der Waals surface area (Å²) in [7, 11) is 1.36. The summed E-state index contributed by atoms with van der Waals surface area (Å²) in [5, 5.41) is 8.64. The molecule has 1 aromatic carbocycles. The topological polar surface area (TPSA) is 33.0 Å². The van der Waals surface area contributed by atoms with Gasteiger partial charge in [0.05, 0.1) is 12.7 Å². The van der Waals surface area contributed by atoms with Crippen molar-refractivity contribution in [1.82, 2.24) is 0 Å². The first kappa shape index (κ1) is 13.4. The Morgan fingerprint density at radius 1 is 1.40 bits per heavy atom. The molecule has 0 aromatic heterocycles. The maximum absolute atomic E-state index is 13.4. The van der Waals surface area contributed by atoms with Gasteiger partial charge in [-0.05, 0) is 18.1 Å². The number of rotatable bonds is 2. The first-order chi connectivity index (χ1) is 7.24. The summed E-state index contributed by atoms with van der Waals surface area (Å²) in [6.07, 6.45) is 0.591. The third kappa shape index (κ3) is 2.95. The Bertz CT molecular complexity index is 355. The highest BCUT2D eigenvalue weighted by Gasteiger charge is 2.12. The van der Waals surface area contributed by atoms with Gasteiger partial charge in [-0.25, -0.2) is 4.39 Å². The van der Waals surface area contributed by atoms with Crippen LogP contribution in [-0.4, -0.2) is 7.11 Å². The van der Waals surface area contributed by atoms with Crippen molar-refractivity contribution in [2.45, 2.75) is 27.2 Å². The van der Waals surface area contributed by atoms with Crippen LogP contribution in [0.1, 0.15) is 31.9 Å². The first-order valence-electron chi connectivity index (χ1n) is 5.00. The molecule has 82 valence electrons. The molecule has 0 aliphatic rings. The lowest BCUT2D eigenvalue weighted by Gasteiger charge is -2.06. The third-order valence-electron chi connectivity index (χ3n) is 1.88. The van der Waals surface area contributed by atoms with Crippen LogP contribution < -0.4 is 4.74 Å². The summed E-state index contributed by atoms with van der Waals surface area (Å²) in [6.45, 7) is 5.85. The van der Waals surface area contributed by atoms with Crippen LogP contribution in [0.4, 0.5) is 4.39 Å². The minimum absolute atomic E-state index is 0.0434. The average Bonchev–Trinajstić information content (AvgIpc) is 2.31. The SMILES string of the molecule is CC.CCc1ccc(C#N)c(OC)c1F. The molecule has 0 unspecified atom stereocenters. The van der Waals surface area contributed by atoms with Gasteiger partial charge in [-0.1, -0.05) is 26.8 Å². The predicted octanol–water partition coefficient (Wildman–Crippen LogP) is 3.29. The second-order valence-corrected chi connectivity index (χ2v) is 2.58. The van der Waals surface area contributed by atoms with Crippen molar-refractivity contribution < 1.29 is 9.13 Å². The van der Waals surface area contributed by atoms with Crippen molar-refractivity contribution in [3.63, 3.8) is 0 Å². The molecule has 0 spiro atoms. The lowest BCUT2D eigenvalue weighted by molar-refractivity contribution is 0.383. The lowest BCUT2D eigenvalue weighted by atomic mass is 10.1. The fourth-order valence-electron chi connectivity index (χ4n) is 1.16. The van der Waals surface area contributed by atoms with Gasteiger partial charge in [0.1, 0.15) is 6.07 Å². The molecule has 0 saturated heterocycles. The molecule has 2 nitrogen and oxygen atoms in total. The molecule has 15 heavy (non-hydrogen) atoms. The van der Waals surface area contributed by atoms with E-state index in [2.05, 4.69) is 0 Å². The molecule has 0 radical (unpaired) electrons. The Balaban J connectivity index is 0.000000921. The van der Waals surface area contributed by atoms with Crippen LogP contribution in [0.25, 0.3) is 0 Å². The number of methoxy groups -OCH3 is 1. The maximum Gasteiger partial charge on any atom is 0.172 e. The molecule has 0 fully saturated rings. The zero-order chi connectivity index (χ0) is 11.8. The molecule has 1 rings (SSSR count). The maximum atomic E-state index is 13.4. The Kier molecular flexibility index (Phi) is 6.12. The number of hydrogen-bond donors (Lipinski definition) is 0. The van der Waals surface area contributed by atoms with Gasteiger partial charge in [-0.3, -0.25) is 0 Å². The van der Waals surface area contributed by atoms with Gasteiger partial charge >= 0.3 is 0 Å². The highest BCUT2D eigenvalue weighted by molar-refractivity contribution is 5.46. The van der Waals surface area contributed by atoms with Crippen LogP contribution in [0.2, 0.25) is 0 Å². The predicted molar refractivity (Wildman–Crippen MR) is 58.4 cm³/mol. The van der Waals surface area contributed by atoms with E-state index in [1.807, 2.05) is 26.8 Å². The highest BCUT2D eigenvalue weighted by Crippen LogP contribution is 2.25. The molecule has 3 heteroatoms. The van der Waals surface area contributed by atoms with Gasteiger partial charge in [0.2, 0.25) is 0 Å². The van der Waals surface area contributed by atoms with Crippen molar-refractivity contribution >= 4 is 0 Å². The molecule has 0 aliphatic carbocycles. The smallest absolute Gasteiger partial charge is 0.172 e. The van der Waals surface area contributed by atoms with Gasteiger partial charge in [0.15, 0.2) is 11.6 Å². The second kappa shape index (κ2) is 6.83. The highest BCUT2D eigenvalue weighted by atomic mass is 19.1. The average molecular weight is 209 g/mol. The van der Waals surface area contributed by atoms with Gasteiger partial charge in [-0.15, -0.1) is 0 Å². The quantitative estimate of drug-likeness (QED) is 0.748. The summed E-state index contributed by atoms with van der Waals surface area (Å²) in [4.78, 5) is 0. The largest absolute Gasteiger partial charge is 0.492 e. The van der Waals surface area contributed by atoms with Crippen LogP contribution in [-0.2, 0) is 6.42 Å². The fraction of sp³-hybridized carbons (Fsp3) is 0.417. The summed E-state index contributed by atoms with van der Waals surface area (Å²) in [5.74, 6) is -0.383. The van der Waals surface area contributed by atoms with E-state index in [4.69, 9.17) is 10.00 Å². The number of aryl methyl sites for hydroxylation is 1. The summed E-state index contributed by atoms with van der Waals surface area (Å²) in [5.41, 5.74) is 0.799. The molecule has 0 aliphatic heterocycles. The van der Waals surface area contributed by atoms with E-state index in [0.717, 1.165) is 0 Å². The minimum atomic E-state index is -0.427. The van der Waals surface area contributed by atoms with E-state index in [1.165, 1.54) is 7.11 Å². The van der Waals surface area contributed by atoms with E-state index >= 15 is 0 Å². The molecule has 0 saturated carbocycles. The van der Waals surface area contributed by atoms with E-state index in [9.17, 15) is 4.39 Å². The van der Waals surface area contributed by atoms with Gasteiger partial charge in [-0.2, -0.15) is 5.26 Å². The molecule has 1 aromatic rings. The van der Waals surface area contributed by atoms with Crippen LogP contribution in [0.5, 0.6) is 5.75 Å². The second-order valence-electron chi connectivity index (χ2n) is 2.58. The molecule has 0 atom stereocenters. The van der Waals surface area contributed by atoms with E-state index in [-0.39, 0.29) is 11.3 Å². The summed E-state index contributed by atoms with van der Waals surface area (Å²) < 4.78 is 18.3. The van der Waals surface area contributed by atoms with Gasteiger partial charge in [0, 0.05) is 0 Å². The lowest BCUT2D eigenvalue weighted by Crippen LogP contribution is -1.96. The van der Waals surface area contributed by atoms with Crippen LogP contribution in [0.3, 0.4) is 0 Å². The van der Waals surface area contributed by atoms with E-state index < -0.39 is 5.82 Å². The Hall–Kier alpha value is -1.56. The Morgan fingerprint density at radius 2 is 2.00 bits per heavy atom. The van der Waals surface area contributed by atoms with Crippen molar-refractivity contribution in [3.05, 3.63) is 29.1 Å². The van der Waals surface area contributed by atoms with Crippen molar-refractivity contribution in [1.29, 1.82) is 5.26 Å². The minimum Gasteiger partial charge on any atom is -0.492 e. The molecule has 0 heterocycles. The molecule has 0 bridgehead atoms. The van der Waals surface area contributed by atoms with Gasteiger partial charge < -0.3 is 4.74 Å². The molecule has 0 N–H and O–H groups in total. The zero-order valence-electron chi connectivity index (χ0n) is 9.60. The summed E-state index contributed by atoms with van der Waals surface area (Å²) >= 11 is 0. The molecule has 0 amide bonds. The monoisotopic (exact) mass is 209 g/mol. The first-order valence-corrected chi connectivity index (χ1v) is 5.00. The van der Waals surface area contributed by atoms with Gasteiger partial charge in [0.25, 0.3) is 0 Å². The van der Waals surface area contributed by atoms with Crippen molar-refractivity contribution in [3.8, 4) is 11.8 Å². The number of benzene rings is 1. The van der Waals surface area contributed by atoms with E-state index in [1.54, 1.807) is 12.1 Å².